The van der Waals surface area contributed by atoms with Crippen LogP contribution in [-0.4, -0.2) is 17.2 Å². The number of rotatable bonds is 7. The minimum absolute atomic E-state index is 0.00383. The van der Waals surface area contributed by atoms with E-state index in [1.807, 2.05) is 24.3 Å². The molecule has 0 aliphatic heterocycles. The number of aromatic nitrogens is 1. The molecule has 0 saturated heterocycles. The van der Waals surface area contributed by atoms with E-state index in [-0.39, 0.29) is 5.56 Å². The maximum atomic E-state index is 11.6. The smallest absolute Gasteiger partial charge is 0.250 e. The lowest BCUT2D eigenvalue weighted by atomic mass is 10.2. The van der Waals surface area contributed by atoms with E-state index in [0.29, 0.717) is 19.2 Å². The first-order chi connectivity index (χ1) is 10.2. The van der Waals surface area contributed by atoms with Crippen LogP contribution in [0.25, 0.3) is 0 Å². The molecule has 0 aliphatic carbocycles. The fraction of sp³-hybridized carbons (Fsp3) is 0.353. The van der Waals surface area contributed by atoms with Gasteiger partial charge in [0.1, 0.15) is 12.4 Å². The highest BCUT2D eigenvalue weighted by molar-refractivity contribution is 5.33. The predicted molar refractivity (Wildman–Crippen MR) is 84.6 cm³/mol. The minimum atomic E-state index is -0.00383. The zero-order valence-corrected chi connectivity index (χ0v) is 12.6. The van der Waals surface area contributed by atoms with Crippen LogP contribution in [0.15, 0.2) is 53.5 Å². The molecule has 112 valence electrons. The first-order valence-electron chi connectivity index (χ1n) is 7.26. The van der Waals surface area contributed by atoms with Crippen molar-refractivity contribution in [1.82, 2.24) is 9.88 Å². The number of nitrogens with zero attached hydrogens (tertiary/aromatic N) is 1. The van der Waals surface area contributed by atoms with Gasteiger partial charge in [-0.15, -0.1) is 0 Å². The first kappa shape index (κ1) is 15.3. The zero-order valence-electron chi connectivity index (χ0n) is 12.6. The zero-order chi connectivity index (χ0) is 15.1. The molecule has 4 nitrogen and oxygen atoms in total. The molecule has 0 saturated carbocycles. The molecular weight excluding hydrogens is 264 g/mol. The van der Waals surface area contributed by atoms with E-state index in [2.05, 4.69) is 25.2 Å². The Morgan fingerprint density at radius 1 is 1.14 bits per heavy atom. The number of nitrogens with one attached hydrogen (secondary N) is 1. The van der Waals surface area contributed by atoms with Crippen LogP contribution >= 0.6 is 0 Å². The second-order valence-corrected chi connectivity index (χ2v) is 5.22. The third-order valence-corrected chi connectivity index (χ3v) is 3.16. The van der Waals surface area contributed by atoms with Crippen molar-refractivity contribution in [2.75, 3.05) is 6.61 Å². The standard InChI is InChI=1S/C17H22N2O2/c1-14(2)18-13-15-7-3-4-8-16(15)21-12-11-19-10-6-5-9-17(19)20/h3-10,14,18H,11-13H2,1-2H3. The molecule has 0 atom stereocenters. The molecule has 0 unspecified atom stereocenters. The summed E-state index contributed by atoms with van der Waals surface area (Å²) in [6.45, 7) is 6.03. The summed E-state index contributed by atoms with van der Waals surface area (Å²) >= 11 is 0. The van der Waals surface area contributed by atoms with Crippen LogP contribution in [0.5, 0.6) is 5.75 Å². The molecule has 0 amide bonds. The molecule has 2 rings (SSSR count). The summed E-state index contributed by atoms with van der Waals surface area (Å²) in [7, 11) is 0. The van der Waals surface area contributed by atoms with Crippen molar-refractivity contribution >= 4 is 0 Å². The monoisotopic (exact) mass is 286 g/mol. The molecule has 1 N–H and O–H groups in total. The average molecular weight is 286 g/mol. The van der Waals surface area contributed by atoms with Crippen LogP contribution in [0, 0.1) is 0 Å². The Balaban J connectivity index is 1.94. The highest BCUT2D eigenvalue weighted by atomic mass is 16.5. The van der Waals surface area contributed by atoms with E-state index in [1.165, 1.54) is 0 Å². The Kier molecular flexibility index (Phi) is 5.58. The van der Waals surface area contributed by atoms with E-state index in [0.717, 1.165) is 17.9 Å². The Morgan fingerprint density at radius 2 is 1.90 bits per heavy atom. The van der Waals surface area contributed by atoms with Crippen LogP contribution in [-0.2, 0) is 13.1 Å². The van der Waals surface area contributed by atoms with Gasteiger partial charge < -0.3 is 14.6 Å². The van der Waals surface area contributed by atoms with Crippen LogP contribution in [0.2, 0.25) is 0 Å². The van der Waals surface area contributed by atoms with E-state index in [1.54, 1.807) is 22.9 Å². The molecule has 4 heteroatoms. The van der Waals surface area contributed by atoms with Gasteiger partial charge in [0, 0.05) is 30.4 Å². The largest absolute Gasteiger partial charge is 0.491 e. The molecule has 1 heterocycles. The normalized spacial score (nSPS) is 10.8. The second-order valence-electron chi connectivity index (χ2n) is 5.22. The summed E-state index contributed by atoms with van der Waals surface area (Å²) in [5, 5.41) is 3.38. The lowest BCUT2D eigenvalue weighted by molar-refractivity contribution is 0.292. The van der Waals surface area contributed by atoms with Crippen molar-refractivity contribution in [3.05, 3.63) is 64.6 Å². The topological polar surface area (TPSA) is 43.3 Å². The summed E-state index contributed by atoms with van der Waals surface area (Å²) < 4.78 is 7.48. The highest BCUT2D eigenvalue weighted by Gasteiger charge is 2.04. The molecule has 0 radical (unpaired) electrons. The van der Waals surface area contributed by atoms with E-state index < -0.39 is 0 Å². The van der Waals surface area contributed by atoms with Gasteiger partial charge in [-0.05, 0) is 12.1 Å². The van der Waals surface area contributed by atoms with Crippen LogP contribution in [0.1, 0.15) is 19.4 Å². The summed E-state index contributed by atoms with van der Waals surface area (Å²) in [5.41, 5.74) is 1.13. The van der Waals surface area contributed by atoms with Crippen molar-refractivity contribution in [2.24, 2.45) is 0 Å². The van der Waals surface area contributed by atoms with Crippen molar-refractivity contribution in [1.29, 1.82) is 0 Å². The maximum absolute atomic E-state index is 11.6. The molecular formula is C17H22N2O2. The van der Waals surface area contributed by atoms with Gasteiger partial charge >= 0.3 is 0 Å². The molecule has 1 aromatic heterocycles. The highest BCUT2D eigenvalue weighted by Crippen LogP contribution is 2.17. The maximum Gasteiger partial charge on any atom is 0.250 e. The molecule has 0 fully saturated rings. The van der Waals surface area contributed by atoms with Gasteiger partial charge in [0.25, 0.3) is 5.56 Å². The lowest BCUT2D eigenvalue weighted by Crippen LogP contribution is -2.23. The number of para-hydroxylation sites is 1. The second kappa shape index (κ2) is 7.64. The fourth-order valence-corrected chi connectivity index (χ4v) is 2.00. The Hall–Kier alpha value is -2.07. The van der Waals surface area contributed by atoms with Gasteiger partial charge in [-0.1, -0.05) is 38.1 Å². The quantitative estimate of drug-likeness (QED) is 0.850. The van der Waals surface area contributed by atoms with Crippen molar-refractivity contribution in [2.45, 2.75) is 33.0 Å². The summed E-state index contributed by atoms with van der Waals surface area (Å²) in [6.07, 6.45) is 1.78. The molecule has 2 aromatic rings. The SMILES string of the molecule is CC(C)NCc1ccccc1OCCn1ccccc1=O. The number of hydrogen-bond donors (Lipinski definition) is 1. The van der Waals surface area contributed by atoms with E-state index in [4.69, 9.17) is 4.74 Å². The molecule has 21 heavy (non-hydrogen) atoms. The van der Waals surface area contributed by atoms with Crippen molar-refractivity contribution in [3.8, 4) is 5.75 Å². The van der Waals surface area contributed by atoms with Crippen LogP contribution in [0.4, 0.5) is 0 Å². The lowest BCUT2D eigenvalue weighted by Gasteiger charge is -2.14. The molecule has 0 spiro atoms. The third kappa shape index (κ3) is 4.76. The predicted octanol–water partition coefficient (Wildman–Crippen LogP) is 2.43. The van der Waals surface area contributed by atoms with Gasteiger partial charge in [0.15, 0.2) is 0 Å². The number of ether oxygens (including phenoxy) is 1. The minimum Gasteiger partial charge on any atom is -0.491 e. The fourth-order valence-electron chi connectivity index (χ4n) is 2.00. The summed E-state index contributed by atoms with van der Waals surface area (Å²) in [6, 6.07) is 13.6. The molecule has 1 aromatic carbocycles. The molecule has 0 bridgehead atoms. The van der Waals surface area contributed by atoms with Crippen LogP contribution in [0.3, 0.4) is 0 Å². The number of pyridine rings is 1. The Morgan fingerprint density at radius 3 is 2.67 bits per heavy atom. The molecule has 0 aliphatic rings. The van der Waals surface area contributed by atoms with Gasteiger partial charge in [0.05, 0.1) is 6.54 Å². The summed E-state index contributed by atoms with van der Waals surface area (Å²) in [4.78, 5) is 11.6. The Labute approximate surface area is 125 Å². The van der Waals surface area contributed by atoms with Crippen LogP contribution < -0.4 is 15.6 Å². The average Bonchev–Trinajstić information content (AvgIpc) is 2.48. The number of benzene rings is 1. The van der Waals surface area contributed by atoms with Gasteiger partial charge in [-0.3, -0.25) is 4.79 Å². The van der Waals surface area contributed by atoms with E-state index >= 15 is 0 Å². The van der Waals surface area contributed by atoms with E-state index in [9.17, 15) is 4.79 Å². The van der Waals surface area contributed by atoms with Gasteiger partial charge in [-0.25, -0.2) is 0 Å². The van der Waals surface area contributed by atoms with Crippen molar-refractivity contribution in [3.63, 3.8) is 0 Å². The van der Waals surface area contributed by atoms with Gasteiger partial charge in [0.2, 0.25) is 0 Å². The van der Waals surface area contributed by atoms with Crippen molar-refractivity contribution < 1.29 is 4.74 Å². The third-order valence-electron chi connectivity index (χ3n) is 3.16. The number of hydrogen-bond acceptors (Lipinski definition) is 3. The summed E-state index contributed by atoms with van der Waals surface area (Å²) in [5.74, 6) is 0.870. The Bertz CT molecular complexity index is 620. The van der Waals surface area contributed by atoms with Gasteiger partial charge in [-0.2, -0.15) is 0 Å². The first-order valence-corrected chi connectivity index (χ1v) is 7.26.